The molecule has 0 saturated carbocycles. The number of sulfone groups is 1. The fourth-order valence-corrected chi connectivity index (χ4v) is 3.33. The largest absolute Gasteiger partial charge is 0.354 e. The average Bonchev–Trinajstić information content (AvgIpc) is 2.61. The van der Waals surface area contributed by atoms with Crippen LogP contribution in [0.3, 0.4) is 0 Å². The lowest BCUT2D eigenvalue weighted by atomic mass is 10.1. The Bertz CT molecular complexity index is 659. The van der Waals surface area contributed by atoms with Gasteiger partial charge in [0.25, 0.3) is 0 Å². The number of aliphatic imine (C=N–C) groups is 1. The zero-order chi connectivity index (χ0) is 19.6. The summed E-state index contributed by atoms with van der Waals surface area (Å²) in [6, 6.07) is 8.63. The SMILES string of the molecule is CCN(CC)Cc1ccc(CNC(=NC)NC(C)CCS(C)(=O)=O)cc1.I. The summed E-state index contributed by atoms with van der Waals surface area (Å²) < 4.78 is 22.5. The molecule has 0 amide bonds. The summed E-state index contributed by atoms with van der Waals surface area (Å²) in [5, 5.41) is 6.51. The van der Waals surface area contributed by atoms with Gasteiger partial charge in [-0.25, -0.2) is 8.42 Å². The highest BCUT2D eigenvalue weighted by molar-refractivity contribution is 14.0. The summed E-state index contributed by atoms with van der Waals surface area (Å²) in [7, 11) is -1.22. The number of halogens is 1. The number of rotatable bonds is 10. The highest BCUT2D eigenvalue weighted by atomic mass is 127. The smallest absolute Gasteiger partial charge is 0.191 e. The summed E-state index contributed by atoms with van der Waals surface area (Å²) in [6.45, 7) is 10.1. The minimum atomic E-state index is -2.94. The van der Waals surface area contributed by atoms with E-state index in [1.165, 1.54) is 17.4 Å². The number of guanidine groups is 1. The maximum Gasteiger partial charge on any atom is 0.191 e. The first-order valence-corrected chi connectivity index (χ1v) is 11.3. The van der Waals surface area contributed by atoms with Gasteiger partial charge in [0.15, 0.2) is 5.96 Å². The van der Waals surface area contributed by atoms with Crippen molar-refractivity contribution in [1.82, 2.24) is 15.5 Å². The minimum absolute atomic E-state index is 0. The van der Waals surface area contributed by atoms with Gasteiger partial charge in [-0.2, -0.15) is 0 Å². The van der Waals surface area contributed by atoms with Crippen molar-refractivity contribution in [3.8, 4) is 0 Å². The molecule has 8 heteroatoms. The third kappa shape index (κ3) is 11.5. The Labute approximate surface area is 182 Å². The third-order valence-electron chi connectivity index (χ3n) is 4.31. The molecule has 0 bridgehead atoms. The first-order valence-electron chi connectivity index (χ1n) is 9.22. The third-order valence-corrected chi connectivity index (χ3v) is 5.29. The molecule has 1 aromatic rings. The van der Waals surface area contributed by atoms with Gasteiger partial charge >= 0.3 is 0 Å². The van der Waals surface area contributed by atoms with E-state index in [1.54, 1.807) is 7.05 Å². The van der Waals surface area contributed by atoms with Gasteiger partial charge in [-0.1, -0.05) is 38.1 Å². The number of hydrogen-bond donors (Lipinski definition) is 2. The molecule has 0 aliphatic rings. The lowest BCUT2D eigenvalue weighted by Gasteiger charge is -2.19. The van der Waals surface area contributed by atoms with Gasteiger partial charge in [-0.15, -0.1) is 24.0 Å². The first kappa shape index (κ1) is 26.1. The number of nitrogens with zero attached hydrogens (tertiary/aromatic N) is 2. The molecule has 0 aliphatic carbocycles. The van der Waals surface area contributed by atoms with Crippen molar-refractivity contribution in [2.24, 2.45) is 4.99 Å². The van der Waals surface area contributed by atoms with Crippen LogP contribution in [0.25, 0.3) is 0 Å². The predicted molar refractivity (Wildman–Crippen MR) is 126 cm³/mol. The summed E-state index contributed by atoms with van der Waals surface area (Å²) in [4.78, 5) is 6.59. The Hall–Kier alpha value is -0.870. The highest BCUT2D eigenvalue weighted by Crippen LogP contribution is 2.07. The predicted octanol–water partition coefficient (Wildman–Crippen LogP) is 2.63. The molecule has 0 aromatic heterocycles. The fraction of sp³-hybridized carbons (Fsp3) is 0.632. The van der Waals surface area contributed by atoms with E-state index in [0.29, 0.717) is 18.9 Å². The van der Waals surface area contributed by atoms with Gasteiger partial charge in [-0.3, -0.25) is 9.89 Å². The van der Waals surface area contributed by atoms with Crippen LogP contribution in [0, 0.1) is 0 Å². The Balaban J connectivity index is 0.00000676. The molecule has 0 spiro atoms. The molecule has 1 rings (SSSR count). The zero-order valence-corrected chi connectivity index (χ0v) is 20.3. The van der Waals surface area contributed by atoms with E-state index in [9.17, 15) is 8.42 Å². The van der Waals surface area contributed by atoms with E-state index in [2.05, 4.69) is 58.6 Å². The van der Waals surface area contributed by atoms with Gasteiger partial charge in [0.05, 0.1) is 5.75 Å². The molecule has 6 nitrogen and oxygen atoms in total. The van der Waals surface area contributed by atoms with E-state index in [4.69, 9.17) is 0 Å². The van der Waals surface area contributed by atoms with E-state index in [1.807, 2.05) is 6.92 Å². The van der Waals surface area contributed by atoms with Crippen LogP contribution < -0.4 is 10.6 Å². The van der Waals surface area contributed by atoms with E-state index >= 15 is 0 Å². The van der Waals surface area contributed by atoms with Gasteiger partial charge < -0.3 is 10.6 Å². The molecule has 1 atom stereocenters. The molecule has 27 heavy (non-hydrogen) atoms. The second kappa shape index (κ2) is 13.3. The number of benzene rings is 1. The first-order chi connectivity index (χ1) is 12.3. The quantitative estimate of drug-likeness (QED) is 0.288. The summed E-state index contributed by atoms with van der Waals surface area (Å²) >= 11 is 0. The topological polar surface area (TPSA) is 73.8 Å². The van der Waals surface area contributed by atoms with Crippen LogP contribution in [0.5, 0.6) is 0 Å². The molecular weight excluding hydrogens is 475 g/mol. The van der Waals surface area contributed by atoms with E-state index < -0.39 is 9.84 Å². The van der Waals surface area contributed by atoms with Crippen molar-refractivity contribution in [2.75, 3.05) is 32.1 Å². The van der Waals surface area contributed by atoms with Gasteiger partial charge in [0.1, 0.15) is 9.84 Å². The zero-order valence-electron chi connectivity index (χ0n) is 17.2. The molecular formula is C19H35IN4O2S. The summed E-state index contributed by atoms with van der Waals surface area (Å²) in [5.74, 6) is 0.852. The molecule has 0 radical (unpaired) electrons. The van der Waals surface area contributed by atoms with Crippen LogP contribution in [-0.4, -0.2) is 57.5 Å². The molecule has 0 heterocycles. The van der Waals surface area contributed by atoms with Crippen LogP contribution in [0.1, 0.15) is 38.3 Å². The molecule has 0 saturated heterocycles. The van der Waals surface area contributed by atoms with Gasteiger partial charge in [0, 0.05) is 32.4 Å². The molecule has 1 aromatic carbocycles. The Morgan fingerprint density at radius 3 is 2.19 bits per heavy atom. The summed E-state index contributed by atoms with van der Waals surface area (Å²) in [5.41, 5.74) is 2.49. The normalized spacial score (nSPS) is 13.2. The molecule has 0 aliphatic heterocycles. The van der Waals surface area contributed by atoms with E-state index in [-0.39, 0.29) is 35.8 Å². The Morgan fingerprint density at radius 2 is 1.70 bits per heavy atom. The lowest BCUT2D eigenvalue weighted by molar-refractivity contribution is 0.296. The van der Waals surface area contributed by atoms with Crippen molar-refractivity contribution in [3.63, 3.8) is 0 Å². The van der Waals surface area contributed by atoms with Crippen molar-refractivity contribution in [3.05, 3.63) is 35.4 Å². The minimum Gasteiger partial charge on any atom is -0.354 e. The van der Waals surface area contributed by atoms with Gasteiger partial charge in [-0.05, 0) is 37.6 Å². The highest BCUT2D eigenvalue weighted by Gasteiger charge is 2.09. The van der Waals surface area contributed by atoms with Crippen molar-refractivity contribution in [2.45, 2.75) is 46.3 Å². The van der Waals surface area contributed by atoms with Crippen LogP contribution in [-0.2, 0) is 22.9 Å². The lowest BCUT2D eigenvalue weighted by Crippen LogP contribution is -2.42. The van der Waals surface area contributed by atoms with Crippen LogP contribution in [0.15, 0.2) is 29.3 Å². The maximum atomic E-state index is 11.3. The standard InChI is InChI=1S/C19H34N4O2S.HI/c1-6-23(7-2)15-18-10-8-17(9-11-18)14-21-19(20-4)22-16(3)12-13-26(5,24)25;/h8-11,16H,6-7,12-15H2,1-5H3,(H2,20,21,22);1H. The number of nitrogens with one attached hydrogen (secondary N) is 2. The van der Waals surface area contributed by atoms with Crippen LogP contribution >= 0.6 is 24.0 Å². The fourth-order valence-electron chi connectivity index (χ4n) is 2.54. The number of hydrogen-bond acceptors (Lipinski definition) is 4. The molecule has 0 fully saturated rings. The van der Waals surface area contributed by atoms with Crippen LogP contribution in [0.4, 0.5) is 0 Å². The molecule has 1 unspecified atom stereocenters. The second-order valence-corrected chi connectivity index (χ2v) is 8.93. The van der Waals surface area contributed by atoms with E-state index in [0.717, 1.165) is 19.6 Å². The van der Waals surface area contributed by atoms with Gasteiger partial charge in [0.2, 0.25) is 0 Å². The van der Waals surface area contributed by atoms with Crippen molar-refractivity contribution in [1.29, 1.82) is 0 Å². The Kier molecular flexibility index (Phi) is 12.9. The Morgan fingerprint density at radius 1 is 1.15 bits per heavy atom. The molecule has 156 valence electrons. The summed E-state index contributed by atoms with van der Waals surface area (Å²) in [6.07, 6.45) is 1.82. The monoisotopic (exact) mass is 510 g/mol. The maximum absolute atomic E-state index is 11.3. The molecule has 2 N–H and O–H groups in total. The van der Waals surface area contributed by atoms with Crippen LogP contribution in [0.2, 0.25) is 0 Å². The van der Waals surface area contributed by atoms with Crippen molar-refractivity contribution < 1.29 is 8.42 Å². The second-order valence-electron chi connectivity index (χ2n) is 6.67. The average molecular weight is 510 g/mol. The van der Waals surface area contributed by atoms with Crippen molar-refractivity contribution >= 4 is 39.8 Å².